The summed E-state index contributed by atoms with van der Waals surface area (Å²) in [6.07, 6.45) is 3.52. The van der Waals surface area contributed by atoms with Gasteiger partial charge in [0.2, 0.25) is 0 Å². The van der Waals surface area contributed by atoms with Crippen molar-refractivity contribution >= 4 is 23.0 Å². The van der Waals surface area contributed by atoms with Crippen molar-refractivity contribution in [3.05, 3.63) is 107 Å². The zero-order valence-electron chi connectivity index (χ0n) is 15.9. The lowest BCUT2D eigenvalue weighted by atomic mass is 10.1. The number of hydrogen-bond donors (Lipinski definition) is 1. The van der Waals surface area contributed by atoms with Crippen molar-refractivity contribution in [2.24, 2.45) is 5.10 Å². The Balaban J connectivity index is 1.59. The first-order valence-corrected chi connectivity index (χ1v) is 9.30. The van der Waals surface area contributed by atoms with Gasteiger partial charge in [-0.3, -0.25) is 4.79 Å². The van der Waals surface area contributed by atoms with E-state index in [1.807, 2.05) is 48.7 Å². The zero-order valence-corrected chi connectivity index (χ0v) is 15.9. The summed E-state index contributed by atoms with van der Waals surface area (Å²) < 4.78 is 15.0. The molecule has 30 heavy (non-hydrogen) atoms. The highest BCUT2D eigenvalue weighted by Gasteiger charge is 2.09. The molecule has 1 amide bonds. The van der Waals surface area contributed by atoms with Crippen LogP contribution in [0.4, 0.5) is 4.39 Å². The molecular formula is C24H17FN4O. The lowest BCUT2D eigenvalue weighted by Crippen LogP contribution is -2.17. The molecule has 0 saturated heterocycles. The number of benzene rings is 3. The fourth-order valence-corrected chi connectivity index (χ4v) is 3.29. The molecule has 0 unspecified atom stereocenters. The molecule has 0 fully saturated rings. The van der Waals surface area contributed by atoms with Gasteiger partial charge in [0.05, 0.1) is 17.8 Å². The van der Waals surface area contributed by atoms with Crippen molar-refractivity contribution in [1.82, 2.24) is 9.99 Å². The second-order valence-corrected chi connectivity index (χ2v) is 6.70. The number of carbonyl (C=O) groups is 1. The molecule has 0 saturated carbocycles. The lowest BCUT2D eigenvalue weighted by molar-refractivity contribution is 0.0955. The Labute approximate surface area is 172 Å². The van der Waals surface area contributed by atoms with E-state index in [1.54, 1.807) is 12.3 Å². The van der Waals surface area contributed by atoms with Gasteiger partial charge in [-0.1, -0.05) is 36.4 Å². The number of hydrogen-bond acceptors (Lipinski definition) is 3. The number of halogens is 1. The summed E-state index contributed by atoms with van der Waals surface area (Å²) in [7, 11) is 0. The zero-order chi connectivity index (χ0) is 20.9. The highest BCUT2D eigenvalue weighted by atomic mass is 19.1. The third-order valence-corrected chi connectivity index (χ3v) is 4.77. The first-order valence-electron chi connectivity index (χ1n) is 9.30. The molecule has 3 aromatic carbocycles. The van der Waals surface area contributed by atoms with Crippen LogP contribution in [0.5, 0.6) is 0 Å². The van der Waals surface area contributed by atoms with Crippen molar-refractivity contribution in [2.75, 3.05) is 0 Å². The van der Waals surface area contributed by atoms with Gasteiger partial charge in [0.25, 0.3) is 5.91 Å². The highest BCUT2D eigenvalue weighted by molar-refractivity contribution is 6.00. The molecule has 6 heteroatoms. The van der Waals surface area contributed by atoms with Crippen molar-refractivity contribution in [3.63, 3.8) is 0 Å². The smallest absolute Gasteiger partial charge is 0.271 e. The molecular weight excluding hydrogens is 379 g/mol. The largest absolute Gasteiger partial charge is 0.342 e. The van der Waals surface area contributed by atoms with Gasteiger partial charge in [0.15, 0.2) is 0 Å². The molecule has 0 bridgehead atoms. The van der Waals surface area contributed by atoms with Crippen molar-refractivity contribution < 1.29 is 9.18 Å². The van der Waals surface area contributed by atoms with Gasteiger partial charge in [-0.15, -0.1) is 0 Å². The Morgan fingerprint density at radius 3 is 2.60 bits per heavy atom. The van der Waals surface area contributed by atoms with Crippen LogP contribution in [0.15, 0.2) is 84.1 Å². The summed E-state index contributed by atoms with van der Waals surface area (Å²) >= 11 is 0. The highest BCUT2D eigenvalue weighted by Crippen LogP contribution is 2.22. The minimum atomic E-state index is -0.419. The normalized spacial score (nSPS) is 10.9. The van der Waals surface area contributed by atoms with Crippen molar-refractivity contribution in [2.45, 2.75) is 6.54 Å². The SMILES string of the molecule is N#Cc1ccccc1Cn1cc(/C=N\NC(=O)c2ccc(F)cc2)c2ccccc21. The second-order valence-electron chi connectivity index (χ2n) is 6.70. The number of fused-ring (bicyclic) bond motifs is 1. The van der Waals surface area contributed by atoms with Gasteiger partial charge in [-0.05, 0) is 42.0 Å². The molecule has 0 aliphatic rings. The quantitative estimate of drug-likeness (QED) is 0.400. The van der Waals surface area contributed by atoms with Crippen LogP contribution in [0.1, 0.15) is 27.0 Å². The van der Waals surface area contributed by atoms with Gasteiger partial charge in [0, 0.05) is 34.8 Å². The molecule has 0 aliphatic heterocycles. The Morgan fingerprint density at radius 2 is 1.80 bits per heavy atom. The van der Waals surface area contributed by atoms with E-state index in [1.165, 1.54) is 24.3 Å². The number of carbonyl (C=O) groups excluding carboxylic acids is 1. The van der Waals surface area contributed by atoms with Gasteiger partial charge < -0.3 is 4.57 Å². The summed E-state index contributed by atoms with van der Waals surface area (Å²) in [6.45, 7) is 0.542. The fourth-order valence-electron chi connectivity index (χ4n) is 3.29. The molecule has 0 aliphatic carbocycles. The third kappa shape index (κ3) is 3.96. The van der Waals surface area contributed by atoms with Crippen LogP contribution in [-0.4, -0.2) is 16.7 Å². The average molecular weight is 396 g/mol. The predicted octanol–water partition coefficient (Wildman–Crippen LogP) is 4.46. The van der Waals surface area contributed by atoms with E-state index in [2.05, 4.69) is 21.2 Å². The number of rotatable bonds is 5. The number of aromatic nitrogens is 1. The van der Waals surface area contributed by atoms with Crippen molar-refractivity contribution in [1.29, 1.82) is 5.26 Å². The van der Waals surface area contributed by atoms with E-state index in [-0.39, 0.29) is 0 Å². The van der Waals surface area contributed by atoms with Gasteiger partial charge in [-0.25, -0.2) is 9.82 Å². The van der Waals surface area contributed by atoms with Crippen LogP contribution in [0.2, 0.25) is 0 Å². The van der Waals surface area contributed by atoms with Crippen LogP contribution in [-0.2, 0) is 6.54 Å². The van der Waals surface area contributed by atoms with Gasteiger partial charge in [-0.2, -0.15) is 10.4 Å². The molecule has 4 aromatic rings. The molecule has 5 nitrogen and oxygen atoms in total. The Kier molecular flexibility index (Phi) is 5.35. The van der Waals surface area contributed by atoms with E-state index < -0.39 is 11.7 Å². The number of nitriles is 1. The number of hydrazone groups is 1. The summed E-state index contributed by atoms with van der Waals surface area (Å²) in [4.78, 5) is 12.1. The summed E-state index contributed by atoms with van der Waals surface area (Å²) in [5.41, 5.74) is 6.18. The summed E-state index contributed by atoms with van der Waals surface area (Å²) in [5.74, 6) is -0.821. The second kappa shape index (κ2) is 8.41. The maximum Gasteiger partial charge on any atom is 0.271 e. The van der Waals surface area contributed by atoms with Crippen LogP contribution in [0.3, 0.4) is 0 Å². The molecule has 4 rings (SSSR count). The summed E-state index contributed by atoms with van der Waals surface area (Å²) in [5, 5.41) is 14.4. The average Bonchev–Trinajstić information content (AvgIpc) is 3.12. The Morgan fingerprint density at radius 1 is 1.07 bits per heavy atom. The lowest BCUT2D eigenvalue weighted by Gasteiger charge is -2.07. The first kappa shape index (κ1) is 19.1. The fraction of sp³-hybridized carbons (Fsp3) is 0.0417. The Bertz CT molecular complexity index is 1280. The monoisotopic (exact) mass is 396 g/mol. The van der Waals surface area contributed by atoms with Crippen LogP contribution >= 0.6 is 0 Å². The minimum Gasteiger partial charge on any atom is -0.342 e. The number of nitrogens with zero attached hydrogens (tertiary/aromatic N) is 3. The van der Waals surface area contributed by atoms with Crippen molar-refractivity contribution in [3.8, 4) is 6.07 Å². The standard InChI is InChI=1S/C24H17FN4O/c25-21-11-9-17(10-12-21)24(30)28-27-14-20-16-29(23-8-4-3-7-22(20)23)15-19-6-2-1-5-18(19)13-26/h1-12,14,16H,15H2,(H,28,30)/b27-14-. The number of nitrogens with one attached hydrogen (secondary N) is 1. The van der Waals surface area contributed by atoms with Crippen LogP contribution in [0.25, 0.3) is 10.9 Å². The maximum atomic E-state index is 13.0. The van der Waals surface area contributed by atoms with Gasteiger partial charge in [0.1, 0.15) is 5.82 Å². The number of para-hydroxylation sites is 1. The molecule has 146 valence electrons. The molecule has 1 N–H and O–H groups in total. The van der Waals surface area contributed by atoms with E-state index in [0.717, 1.165) is 22.0 Å². The van der Waals surface area contributed by atoms with E-state index in [9.17, 15) is 14.4 Å². The van der Waals surface area contributed by atoms with Crippen LogP contribution < -0.4 is 5.43 Å². The third-order valence-electron chi connectivity index (χ3n) is 4.77. The predicted molar refractivity (Wildman–Crippen MR) is 114 cm³/mol. The molecule has 1 heterocycles. The van der Waals surface area contributed by atoms with E-state index in [4.69, 9.17) is 0 Å². The van der Waals surface area contributed by atoms with E-state index >= 15 is 0 Å². The summed E-state index contributed by atoms with van der Waals surface area (Å²) in [6, 6.07) is 22.8. The van der Waals surface area contributed by atoms with Crippen LogP contribution in [0, 0.1) is 17.1 Å². The van der Waals surface area contributed by atoms with E-state index in [0.29, 0.717) is 17.7 Å². The Hall–Kier alpha value is -4.24. The first-order chi connectivity index (χ1) is 14.7. The topological polar surface area (TPSA) is 70.2 Å². The van der Waals surface area contributed by atoms with Gasteiger partial charge >= 0.3 is 0 Å². The molecule has 0 radical (unpaired) electrons. The minimum absolute atomic E-state index is 0.323. The molecule has 0 spiro atoms. The molecule has 1 aromatic heterocycles. The molecule has 0 atom stereocenters. The maximum absolute atomic E-state index is 13.0. The number of amides is 1.